The largest absolute Gasteiger partial charge is 0.497 e. The molecule has 1 unspecified atom stereocenters. The van der Waals surface area contributed by atoms with Gasteiger partial charge in [-0.15, -0.1) is 5.10 Å². The summed E-state index contributed by atoms with van der Waals surface area (Å²) in [6.07, 6.45) is 0. The third-order valence-electron chi connectivity index (χ3n) is 5.05. The highest BCUT2D eigenvalue weighted by molar-refractivity contribution is 6.00. The van der Waals surface area contributed by atoms with E-state index in [0.29, 0.717) is 40.8 Å². The van der Waals surface area contributed by atoms with Gasteiger partial charge in [-0.1, -0.05) is 13.8 Å². The van der Waals surface area contributed by atoms with E-state index < -0.39 is 11.9 Å². The lowest BCUT2D eigenvalue weighted by Gasteiger charge is -2.21. The number of carbonyl (C=O) groups excluding carboxylic acids is 2. The van der Waals surface area contributed by atoms with Crippen molar-refractivity contribution in [3.05, 3.63) is 48.0 Å². The van der Waals surface area contributed by atoms with Gasteiger partial charge in [0, 0.05) is 11.6 Å². The number of benzene rings is 2. The summed E-state index contributed by atoms with van der Waals surface area (Å²) >= 11 is 0. The van der Waals surface area contributed by atoms with E-state index in [2.05, 4.69) is 25.8 Å². The molecule has 10 heteroatoms. The van der Waals surface area contributed by atoms with Gasteiger partial charge in [0.15, 0.2) is 5.82 Å². The van der Waals surface area contributed by atoms with Crippen LogP contribution >= 0.6 is 0 Å². The lowest BCUT2D eigenvalue weighted by atomic mass is 10.0. The minimum atomic E-state index is -0.795. The number of nitrogens with one attached hydrogen (secondary N) is 3. The lowest BCUT2D eigenvalue weighted by molar-refractivity contribution is -0.118. The predicted molar refractivity (Wildman–Crippen MR) is 127 cm³/mol. The topological polar surface area (TPSA) is 127 Å². The zero-order chi connectivity index (χ0) is 24.7. The van der Waals surface area contributed by atoms with Crippen LogP contribution < -0.4 is 24.8 Å². The van der Waals surface area contributed by atoms with Crippen molar-refractivity contribution in [1.29, 1.82) is 0 Å². The zero-order valence-electron chi connectivity index (χ0n) is 19.8. The highest BCUT2D eigenvalue weighted by atomic mass is 16.5. The molecule has 1 atom stereocenters. The van der Waals surface area contributed by atoms with Crippen molar-refractivity contribution in [3.8, 4) is 28.6 Å². The van der Waals surface area contributed by atoms with Crippen LogP contribution in [0.1, 0.15) is 31.1 Å². The zero-order valence-corrected chi connectivity index (χ0v) is 19.8. The number of ether oxygens (including phenoxy) is 3. The van der Waals surface area contributed by atoms with E-state index in [-0.39, 0.29) is 17.8 Å². The maximum absolute atomic E-state index is 12.9. The van der Waals surface area contributed by atoms with Gasteiger partial charge in [0.1, 0.15) is 23.3 Å². The van der Waals surface area contributed by atoms with Gasteiger partial charge >= 0.3 is 0 Å². The Labute approximate surface area is 198 Å². The lowest BCUT2D eigenvalue weighted by Crippen LogP contribution is -2.47. The van der Waals surface area contributed by atoms with Crippen LogP contribution in [0.5, 0.6) is 17.2 Å². The Hall–Kier alpha value is -4.08. The second kappa shape index (κ2) is 11.2. The van der Waals surface area contributed by atoms with Crippen LogP contribution in [0.25, 0.3) is 11.4 Å². The molecule has 0 aliphatic carbocycles. The first-order chi connectivity index (χ1) is 16.4. The number of H-pyrrole nitrogens is 1. The molecule has 0 radical (unpaired) electrons. The summed E-state index contributed by atoms with van der Waals surface area (Å²) in [5.41, 5.74) is 1.08. The van der Waals surface area contributed by atoms with Crippen LogP contribution in [0.3, 0.4) is 0 Å². The minimum Gasteiger partial charge on any atom is -0.497 e. The van der Waals surface area contributed by atoms with Crippen molar-refractivity contribution < 1.29 is 23.8 Å². The van der Waals surface area contributed by atoms with E-state index in [1.54, 1.807) is 49.6 Å². The summed E-state index contributed by atoms with van der Waals surface area (Å²) in [6.45, 7) is 6.11. The van der Waals surface area contributed by atoms with E-state index in [4.69, 9.17) is 14.2 Å². The quantitative estimate of drug-likeness (QED) is 0.417. The Morgan fingerprint density at radius 2 is 1.74 bits per heavy atom. The fourth-order valence-electron chi connectivity index (χ4n) is 3.25. The number of amides is 2. The van der Waals surface area contributed by atoms with Crippen LogP contribution in [-0.2, 0) is 4.79 Å². The number of methoxy groups -OCH3 is 2. The monoisotopic (exact) mass is 467 g/mol. The van der Waals surface area contributed by atoms with Crippen molar-refractivity contribution in [3.63, 3.8) is 0 Å². The van der Waals surface area contributed by atoms with E-state index in [0.717, 1.165) is 0 Å². The van der Waals surface area contributed by atoms with Crippen LogP contribution in [0.2, 0.25) is 0 Å². The Kier molecular flexibility index (Phi) is 8.07. The standard InChI is InChI=1S/C24H29N5O5/c1-6-34-16-9-7-15(8-10-16)22(30)25-20(14(2)3)23(31)27-24-26-21(28-29-24)18-12-11-17(32-4)13-19(18)33-5/h7-14,20H,6H2,1-5H3,(H,25,30)(H2,26,27,28,29,31). The van der Waals surface area contributed by atoms with Crippen molar-refractivity contribution >= 4 is 17.8 Å². The maximum atomic E-state index is 12.9. The molecule has 0 fully saturated rings. The molecule has 1 aromatic heterocycles. The SMILES string of the molecule is CCOc1ccc(C(=O)NC(C(=O)Nc2n[nH]c(-c3ccc(OC)cc3OC)n2)C(C)C)cc1. The Balaban J connectivity index is 1.70. The smallest absolute Gasteiger partial charge is 0.251 e. The number of hydrogen-bond donors (Lipinski definition) is 3. The molecule has 10 nitrogen and oxygen atoms in total. The van der Waals surface area contributed by atoms with Crippen LogP contribution in [0, 0.1) is 5.92 Å². The van der Waals surface area contributed by atoms with Crippen molar-refractivity contribution in [2.75, 3.05) is 26.1 Å². The third kappa shape index (κ3) is 5.83. The summed E-state index contributed by atoms with van der Waals surface area (Å²) < 4.78 is 16.0. The van der Waals surface area contributed by atoms with Gasteiger partial charge in [-0.2, -0.15) is 4.98 Å². The summed E-state index contributed by atoms with van der Waals surface area (Å²) in [4.78, 5) is 30.0. The van der Waals surface area contributed by atoms with Gasteiger partial charge in [-0.25, -0.2) is 0 Å². The highest BCUT2D eigenvalue weighted by Crippen LogP contribution is 2.31. The van der Waals surface area contributed by atoms with E-state index in [1.807, 2.05) is 20.8 Å². The average molecular weight is 468 g/mol. The fraction of sp³-hybridized carbons (Fsp3) is 0.333. The molecular formula is C24H29N5O5. The number of anilines is 1. The predicted octanol–water partition coefficient (Wildman–Crippen LogP) is 3.28. The molecule has 180 valence electrons. The molecule has 2 aromatic carbocycles. The van der Waals surface area contributed by atoms with Crippen molar-refractivity contribution in [1.82, 2.24) is 20.5 Å². The van der Waals surface area contributed by atoms with E-state index >= 15 is 0 Å². The molecule has 2 amide bonds. The van der Waals surface area contributed by atoms with Gasteiger partial charge in [-0.3, -0.25) is 20.0 Å². The number of rotatable bonds is 10. The number of aromatic amines is 1. The molecule has 3 rings (SSSR count). The second-order valence-corrected chi connectivity index (χ2v) is 7.72. The summed E-state index contributed by atoms with van der Waals surface area (Å²) in [5.74, 6) is 1.37. The average Bonchev–Trinajstić information content (AvgIpc) is 3.30. The first-order valence-corrected chi connectivity index (χ1v) is 10.9. The third-order valence-corrected chi connectivity index (χ3v) is 5.05. The molecule has 0 saturated heterocycles. The summed E-state index contributed by atoms with van der Waals surface area (Å²) in [7, 11) is 3.11. The molecule has 0 aliphatic heterocycles. The molecule has 1 heterocycles. The fourth-order valence-corrected chi connectivity index (χ4v) is 3.25. The van der Waals surface area contributed by atoms with Crippen molar-refractivity contribution in [2.45, 2.75) is 26.8 Å². The Morgan fingerprint density at radius 1 is 1.03 bits per heavy atom. The van der Waals surface area contributed by atoms with Gasteiger partial charge in [0.25, 0.3) is 5.91 Å². The molecule has 0 aliphatic rings. The van der Waals surface area contributed by atoms with Gasteiger partial charge in [0.2, 0.25) is 11.9 Å². The molecule has 3 N–H and O–H groups in total. The molecule has 0 saturated carbocycles. The molecule has 34 heavy (non-hydrogen) atoms. The first-order valence-electron chi connectivity index (χ1n) is 10.9. The Bertz CT molecular complexity index is 1130. The number of hydrogen-bond acceptors (Lipinski definition) is 7. The van der Waals surface area contributed by atoms with Gasteiger partial charge in [0.05, 0.1) is 26.4 Å². The Morgan fingerprint density at radius 3 is 2.35 bits per heavy atom. The number of aromatic nitrogens is 3. The second-order valence-electron chi connectivity index (χ2n) is 7.72. The molecule has 0 spiro atoms. The number of carbonyl (C=O) groups is 2. The van der Waals surface area contributed by atoms with E-state index in [9.17, 15) is 9.59 Å². The number of nitrogens with zero attached hydrogens (tertiary/aromatic N) is 2. The van der Waals surface area contributed by atoms with E-state index in [1.165, 1.54) is 7.11 Å². The maximum Gasteiger partial charge on any atom is 0.251 e. The van der Waals surface area contributed by atoms with Crippen molar-refractivity contribution in [2.24, 2.45) is 5.92 Å². The van der Waals surface area contributed by atoms with Crippen LogP contribution in [0.15, 0.2) is 42.5 Å². The van der Waals surface area contributed by atoms with Crippen LogP contribution in [-0.4, -0.2) is 53.9 Å². The van der Waals surface area contributed by atoms with Gasteiger partial charge in [-0.05, 0) is 49.2 Å². The highest BCUT2D eigenvalue weighted by Gasteiger charge is 2.26. The molecular weight excluding hydrogens is 438 g/mol. The first kappa shape index (κ1) is 24.6. The summed E-state index contributed by atoms with van der Waals surface area (Å²) in [5, 5.41) is 12.3. The normalized spacial score (nSPS) is 11.6. The van der Waals surface area contributed by atoms with Crippen LogP contribution in [0.4, 0.5) is 5.95 Å². The summed E-state index contributed by atoms with van der Waals surface area (Å²) in [6, 6.07) is 11.2. The molecule has 3 aromatic rings. The van der Waals surface area contributed by atoms with Gasteiger partial charge < -0.3 is 19.5 Å². The molecule has 0 bridgehead atoms. The minimum absolute atomic E-state index is 0.0823.